The average molecular weight is 381 g/mol. The first-order valence-electron chi connectivity index (χ1n) is 8.99. The summed E-state index contributed by atoms with van der Waals surface area (Å²) in [5.74, 6) is -1.26. The van der Waals surface area contributed by atoms with Gasteiger partial charge in [0.1, 0.15) is 0 Å². The molecule has 1 aromatic carbocycles. The Kier molecular flexibility index (Phi) is 5.58. The summed E-state index contributed by atoms with van der Waals surface area (Å²) in [4.78, 5) is 23.2. The van der Waals surface area contributed by atoms with Crippen LogP contribution in [0.1, 0.15) is 39.4 Å². The van der Waals surface area contributed by atoms with Gasteiger partial charge in [-0.15, -0.1) is 0 Å². The Morgan fingerprint density at radius 2 is 1.93 bits per heavy atom. The number of benzene rings is 1. The number of amides is 1. The van der Waals surface area contributed by atoms with Crippen LogP contribution in [0, 0.1) is 20.8 Å². The number of anilines is 1. The van der Waals surface area contributed by atoms with E-state index in [0.29, 0.717) is 18.8 Å². The molecule has 2 heterocycles. The van der Waals surface area contributed by atoms with Crippen LogP contribution in [0.15, 0.2) is 36.5 Å². The van der Waals surface area contributed by atoms with E-state index < -0.39 is 5.97 Å². The molecule has 146 valence electrons. The Hall–Kier alpha value is -3.42. The molecule has 1 amide bonds. The number of carboxylic acid groups (broad SMARTS) is 1. The summed E-state index contributed by atoms with van der Waals surface area (Å²) in [5, 5.41) is 20.3. The van der Waals surface area contributed by atoms with Crippen molar-refractivity contribution in [2.75, 3.05) is 5.32 Å². The molecule has 8 nitrogen and oxygen atoms in total. The first-order valence-corrected chi connectivity index (χ1v) is 8.99. The summed E-state index contributed by atoms with van der Waals surface area (Å²) < 4.78 is 3.33. The summed E-state index contributed by atoms with van der Waals surface area (Å²) >= 11 is 0. The molecule has 0 fully saturated rings. The van der Waals surface area contributed by atoms with Crippen LogP contribution in [0.3, 0.4) is 0 Å². The molecule has 0 radical (unpaired) electrons. The van der Waals surface area contributed by atoms with Crippen LogP contribution in [-0.4, -0.2) is 36.5 Å². The maximum atomic E-state index is 12.3. The van der Waals surface area contributed by atoms with Crippen molar-refractivity contribution in [1.29, 1.82) is 0 Å². The normalized spacial score (nSPS) is 10.8. The molecule has 0 aliphatic carbocycles. The zero-order valence-corrected chi connectivity index (χ0v) is 16.1. The number of rotatable bonds is 7. The number of aryl methyl sites for hydroxylation is 3. The third-order valence-electron chi connectivity index (χ3n) is 4.49. The first kappa shape index (κ1) is 19.3. The molecular weight excluding hydrogens is 358 g/mol. The van der Waals surface area contributed by atoms with E-state index in [1.165, 1.54) is 16.3 Å². The highest BCUT2D eigenvalue weighted by molar-refractivity contribution is 5.91. The molecule has 0 saturated heterocycles. The summed E-state index contributed by atoms with van der Waals surface area (Å²) in [5.41, 5.74) is 4.66. The molecule has 2 aromatic heterocycles. The molecule has 0 atom stereocenters. The number of aromatic nitrogens is 4. The fraction of sp³-hybridized carbons (Fsp3) is 0.300. The molecule has 0 unspecified atom stereocenters. The maximum absolute atomic E-state index is 12.3. The Labute approximate surface area is 162 Å². The van der Waals surface area contributed by atoms with Crippen molar-refractivity contribution in [1.82, 2.24) is 19.6 Å². The van der Waals surface area contributed by atoms with Crippen molar-refractivity contribution in [3.05, 3.63) is 64.7 Å². The monoisotopic (exact) mass is 381 g/mol. The second-order valence-corrected chi connectivity index (χ2v) is 6.76. The van der Waals surface area contributed by atoms with Crippen molar-refractivity contribution in [3.8, 4) is 0 Å². The Morgan fingerprint density at radius 1 is 1.14 bits per heavy atom. The van der Waals surface area contributed by atoms with Gasteiger partial charge in [0.15, 0.2) is 5.69 Å². The standard InChI is InChI=1S/C20H23N5O3/c1-13-5-4-6-16(11-13)12-25-15(3)19(14(2)22-25)21-18(26)8-10-24-9-7-17(23-24)20(27)28/h4-7,9,11H,8,10,12H2,1-3H3,(H,21,26)(H,27,28). The van der Waals surface area contributed by atoms with Crippen LogP contribution in [0.4, 0.5) is 5.69 Å². The third kappa shape index (κ3) is 4.46. The number of nitrogens with zero attached hydrogens (tertiary/aromatic N) is 4. The van der Waals surface area contributed by atoms with E-state index in [4.69, 9.17) is 5.11 Å². The molecule has 28 heavy (non-hydrogen) atoms. The van der Waals surface area contributed by atoms with E-state index in [0.717, 1.165) is 17.0 Å². The SMILES string of the molecule is Cc1cccc(Cn2nc(C)c(NC(=O)CCn3ccc(C(=O)O)n3)c2C)c1. The van der Waals surface area contributed by atoms with Crippen molar-refractivity contribution in [3.63, 3.8) is 0 Å². The number of carbonyl (C=O) groups excluding carboxylic acids is 1. The summed E-state index contributed by atoms with van der Waals surface area (Å²) in [6, 6.07) is 9.64. The van der Waals surface area contributed by atoms with E-state index in [2.05, 4.69) is 40.6 Å². The van der Waals surface area contributed by atoms with Gasteiger partial charge in [0.05, 0.1) is 23.6 Å². The Bertz CT molecular complexity index is 1020. The van der Waals surface area contributed by atoms with Gasteiger partial charge in [0, 0.05) is 19.2 Å². The Balaban J connectivity index is 1.64. The zero-order chi connectivity index (χ0) is 20.3. The van der Waals surface area contributed by atoms with E-state index in [1.807, 2.05) is 24.6 Å². The summed E-state index contributed by atoms with van der Waals surface area (Å²) in [6.07, 6.45) is 1.73. The molecule has 2 N–H and O–H groups in total. The van der Waals surface area contributed by atoms with Crippen LogP contribution in [0.5, 0.6) is 0 Å². The maximum Gasteiger partial charge on any atom is 0.356 e. The molecule has 0 aliphatic heterocycles. The van der Waals surface area contributed by atoms with Crippen molar-refractivity contribution in [2.24, 2.45) is 0 Å². The fourth-order valence-corrected chi connectivity index (χ4v) is 3.03. The van der Waals surface area contributed by atoms with Gasteiger partial charge in [-0.25, -0.2) is 4.79 Å². The highest BCUT2D eigenvalue weighted by Gasteiger charge is 2.15. The van der Waals surface area contributed by atoms with Crippen LogP contribution >= 0.6 is 0 Å². The van der Waals surface area contributed by atoms with Gasteiger partial charge in [-0.1, -0.05) is 29.8 Å². The van der Waals surface area contributed by atoms with Crippen LogP contribution < -0.4 is 5.32 Å². The molecule has 0 spiro atoms. The lowest BCUT2D eigenvalue weighted by atomic mass is 10.1. The number of carboxylic acids is 1. The molecule has 3 rings (SSSR count). The number of carbonyl (C=O) groups is 2. The minimum Gasteiger partial charge on any atom is -0.476 e. The van der Waals surface area contributed by atoms with Crippen molar-refractivity contribution < 1.29 is 14.7 Å². The quantitative estimate of drug-likeness (QED) is 0.655. The van der Waals surface area contributed by atoms with Crippen LogP contribution in [-0.2, 0) is 17.9 Å². The first-order chi connectivity index (χ1) is 13.3. The summed E-state index contributed by atoms with van der Waals surface area (Å²) in [7, 11) is 0. The summed E-state index contributed by atoms with van der Waals surface area (Å²) in [6.45, 7) is 6.78. The van der Waals surface area contributed by atoms with E-state index in [-0.39, 0.29) is 18.0 Å². The molecule has 0 saturated carbocycles. The van der Waals surface area contributed by atoms with Crippen LogP contribution in [0.2, 0.25) is 0 Å². The molecular formula is C20H23N5O3. The zero-order valence-electron chi connectivity index (χ0n) is 16.1. The van der Waals surface area contributed by atoms with Crippen molar-refractivity contribution >= 4 is 17.6 Å². The van der Waals surface area contributed by atoms with Gasteiger partial charge in [-0.2, -0.15) is 10.2 Å². The van der Waals surface area contributed by atoms with E-state index in [9.17, 15) is 9.59 Å². The number of nitrogens with one attached hydrogen (secondary N) is 1. The fourth-order valence-electron chi connectivity index (χ4n) is 3.03. The van der Waals surface area contributed by atoms with Gasteiger partial charge in [-0.05, 0) is 32.4 Å². The van der Waals surface area contributed by atoms with Gasteiger partial charge in [0.25, 0.3) is 0 Å². The van der Waals surface area contributed by atoms with Crippen molar-refractivity contribution in [2.45, 2.75) is 40.3 Å². The second-order valence-electron chi connectivity index (χ2n) is 6.76. The largest absolute Gasteiger partial charge is 0.476 e. The number of hydrogen-bond donors (Lipinski definition) is 2. The van der Waals surface area contributed by atoms with Gasteiger partial charge < -0.3 is 10.4 Å². The molecule has 3 aromatic rings. The topological polar surface area (TPSA) is 102 Å². The number of aromatic carboxylic acids is 1. The lowest BCUT2D eigenvalue weighted by molar-refractivity contribution is -0.116. The second kappa shape index (κ2) is 8.08. The van der Waals surface area contributed by atoms with Crippen LogP contribution in [0.25, 0.3) is 0 Å². The highest BCUT2D eigenvalue weighted by atomic mass is 16.4. The minimum atomic E-state index is -1.09. The minimum absolute atomic E-state index is 0.0375. The third-order valence-corrected chi connectivity index (χ3v) is 4.49. The van der Waals surface area contributed by atoms with E-state index in [1.54, 1.807) is 6.20 Å². The smallest absolute Gasteiger partial charge is 0.356 e. The average Bonchev–Trinajstić information content (AvgIpc) is 3.21. The van der Waals surface area contributed by atoms with E-state index >= 15 is 0 Å². The highest BCUT2D eigenvalue weighted by Crippen LogP contribution is 2.21. The lowest BCUT2D eigenvalue weighted by Gasteiger charge is -2.08. The predicted molar refractivity (Wildman–Crippen MR) is 104 cm³/mol. The van der Waals surface area contributed by atoms with Gasteiger partial charge in [0.2, 0.25) is 5.91 Å². The Morgan fingerprint density at radius 3 is 2.61 bits per heavy atom. The van der Waals surface area contributed by atoms with Gasteiger partial charge in [-0.3, -0.25) is 14.2 Å². The number of hydrogen-bond acceptors (Lipinski definition) is 4. The molecule has 0 bridgehead atoms. The molecule has 8 heteroatoms. The lowest BCUT2D eigenvalue weighted by Crippen LogP contribution is -2.16. The van der Waals surface area contributed by atoms with Gasteiger partial charge >= 0.3 is 5.97 Å². The molecule has 0 aliphatic rings. The predicted octanol–water partition coefficient (Wildman–Crippen LogP) is 2.78.